The van der Waals surface area contributed by atoms with Gasteiger partial charge in [-0.15, -0.1) is 5.10 Å². The van der Waals surface area contributed by atoms with Gasteiger partial charge in [-0.3, -0.25) is 10.2 Å². The van der Waals surface area contributed by atoms with Crippen molar-refractivity contribution < 1.29 is 4.79 Å². The normalized spacial score (nSPS) is 11.8. The summed E-state index contributed by atoms with van der Waals surface area (Å²) in [7, 11) is 0. The number of nitriles is 1. The average Bonchev–Trinajstić information content (AvgIpc) is 2.67. The van der Waals surface area contributed by atoms with E-state index in [9.17, 15) is 4.79 Å². The van der Waals surface area contributed by atoms with E-state index in [0.29, 0.717) is 6.42 Å². The number of hydrazine groups is 1. The fourth-order valence-corrected chi connectivity index (χ4v) is 1.07. The number of nitrogens with two attached hydrogens (primary N) is 1. The van der Waals surface area contributed by atoms with Crippen molar-refractivity contribution >= 4 is 5.91 Å². The molecule has 0 bridgehead atoms. The second kappa shape index (κ2) is 4.34. The third-order valence-electron chi connectivity index (χ3n) is 1.76. The Bertz CT molecular complexity index is 365. The first-order valence-corrected chi connectivity index (χ1v) is 4.04. The highest BCUT2D eigenvalue weighted by Crippen LogP contribution is 2.08. The number of aromatic nitrogens is 3. The van der Waals surface area contributed by atoms with Gasteiger partial charge >= 0.3 is 0 Å². The van der Waals surface area contributed by atoms with Crippen LogP contribution >= 0.6 is 0 Å². The molecule has 1 amide bonds. The van der Waals surface area contributed by atoms with Gasteiger partial charge in [0.15, 0.2) is 0 Å². The van der Waals surface area contributed by atoms with Gasteiger partial charge in [-0.25, -0.2) is 15.5 Å². The number of nitrogens with one attached hydrogen (secondary N) is 1. The van der Waals surface area contributed by atoms with E-state index in [4.69, 9.17) is 11.1 Å². The van der Waals surface area contributed by atoms with Crippen molar-refractivity contribution in [2.24, 2.45) is 5.84 Å². The highest BCUT2D eigenvalue weighted by Gasteiger charge is 2.18. The molecule has 0 aromatic carbocycles. The van der Waals surface area contributed by atoms with Crippen molar-refractivity contribution in [2.45, 2.75) is 19.4 Å². The van der Waals surface area contributed by atoms with E-state index in [2.05, 4.69) is 10.1 Å². The number of carbonyl (C=O) groups is 1. The summed E-state index contributed by atoms with van der Waals surface area (Å²) in [6.45, 7) is 1.81. The molecule has 7 nitrogen and oxygen atoms in total. The van der Waals surface area contributed by atoms with Crippen LogP contribution in [0.2, 0.25) is 0 Å². The molecule has 74 valence electrons. The molecule has 14 heavy (non-hydrogen) atoms. The molecule has 0 aliphatic rings. The van der Waals surface area contributed by atoms with E-state index < -0.39 is 6.04 Å². The van der Waals surface area contributed by atoms with Crippen molar-refractivity contribution in [1.29, 1.82) is 5.26 Å². The van der Waals surface area contributed by atoms with E-state index >= 15 is 0 Å². The number of amides is 1. The maximum absolute atomic E-state index is 11.2. The van der Waals surface area contributed by atoms with Crippen LogP contribution in [-0.2, 0) is 4.79 Å². The zero-order valence-corrected chi connectivity index (χ0v) is 7.64. The molecule has 1 unspecified atom stereocenters. The summed E-state index contributed by atoms with van der Waals surface area (Å²) >= 11 is 0. The average molecular weight is 194 g/mol. The van der Waals surface area contributed by atoms with Gasteiger partial charge in [0.25, 0.3) is 11.7 Å². The number of rotatable bonds is 3. The highest BCUT2D eigenvalue weighted by atomic mass is 16.2. The van der Waals surface area contributed by atoms with E-state index in [-0.39, 0.29) is 11.7 Å². The molecule has 0 aliphatic carbocycles. The molecule has 0 saturated heterocycles. The third kappa shape index (κ3) is 1.86. The van der Waals surface area contributed by atoms with Crippen molar-refractivity contribution in [3.8, 4) is 6.07 Å². The molecule has 0 radical (unpaired) electrons. The minimum Gasteiger partial charge on any atom is -0.292 e. The first-order valence-electron chi connectivity index (χ1n) is 4.04. The minimum atomic E-state index is -0.519. The zero-order chi connectivity index (χ0) is 10.6. The van der Waals surface area contributed by atoms with Crippen LogP contribution in [0.25, 0.3) is 0 Å². The predicted molar refractivity (Wildman–Crippen MR) is 46.4 cm³/mol. The smallest absolute Gasteiger partial charge is 0.258 e. The Morgan fingerprint density at radius 1 is 1.93 bits per heavy atom. The maximum Gasteiger partial charge on any atom is 0.258 e. The Kier molecular flexibility index (Phi) is 3.14. The quantitative estimate of drug-likeness (QED) is 0.367. The summed E-state index contributed by atoms with van der Waals surface area (Å²) in [5.74, 6) is 4.68. The van der Waals surface area contributed by atoms with Crippen LogP contribution in [0.15, 0.2) is 6.33 Å². The molecule has 3 N–H and O–H groups in total. The molecular weight excluding hydrogens is 184 g/mol. The molecule has 1 heterocycles. The zero-order valence-electron chi connectivity index (χ0n) is 7.64. The van der Waals surface area contributed by atoms with E-state index in [1.54, 1.807) is 6.07 Å². The minimum absolute atomic E-state index is 0.0354. The summed E-state index contributed by atoms with van der Waals surface area (Å²) < 4.78 is 1.32. The summed E-state index contributed by atoms with van der Waals surface area (Å²) in [5.41, 5.74) is 2.03. The molecule has 0 spiro atoms. The fraction of sp³-hybridized carbons (Fsp3) is 0.429. The van der Waals surface area contributed by atoms with Crippen LogP contribution < -0.4 is 11.3 Å². The SMILES string of the molecule is CCC(C(=O)NN)n1cnc(C#N)n1. The Labute approximate surface area is 80.5 Å². The molecule has 0 aliphatic heterocycles. The van der Waals surface area contributed by atoms with E-state index in [1.165, 1.54) is 11.0 Å². The topological polar surface area (TPSA) is 110 Å². The maximum atomic E-state index is 11.2. The van der Waals surface area contributed by atoms with Crippen molar-refractivity contribution in [3.05, 3.63) is 12.2 Å². The summed E-state index contributed by atoms with van der Waals surface area (Å²) in [5, 5.41) is 12.3. The number of hydrogen-bond acceptors (Lipinski definition) is 5. The van der Waals surface area contributed by atoms with Gasteiger partial charge < -0.3 is 0 Å². The lowest BCUT2D eigenvalue weighted by molar-refractivity contribution is -0.124. The Morgan fingerprint density at radius 2 is 2.64 bits per heavy atom. The van der Waals surface area contributed by atoms with Gasteiger partial charge in [-0.05, 0) is 6.42 Å². The van der Waals surface area contributed by atoms with Crippen molar-refractivity contribution in [2.75, 3.05) is 0 Å². The second-order valence-electron chi connectivity index (χ2n) is 2.59. The van der Waals surface area contributed by atoms with Gasteiger partial charge in [0, 0.05) is 0 Å². The molecule has 1 atom stereocenters. The lowest BCUT2D eigenvalue weighted by Gasteiger charge is -2.11. The first kappa shape index (κ1) is 10.1. The molecule has 0 saturated carbocycles. The van der Waals surface area contributed by atoms with Crippen LogP contribution in [-0.4, -0.2) is 20.7 Å². The van der Waals surface area contributed by atoms with E-state index in [0.717, 1.165) is 0 Å². The van der Waals surface area contributed by atoms with Gasteiger partial charge in [-0.1, -0.05) is 6.92 Å². The summed E-state index contributed by atoms with van der Waals surface area (Å²) in [6, 6.07) is 1.26. The summed E-state index contributed by atoms with van der Waals surface area (Å²) in [4.78, 5) is 14.9. The van der Waals surface area contributed by atoms with E-state index in [1.807, 2.05) is 12.3 Å². The lowest BCUT2D eigenvalue weighted by atomic mass is 10.2. The van der Waals surface area contributed by atoms with Gasteiger partial charge in [0.2, 0.25) is 0 Å². The van der Waals surface area contributed by atoms with Crippen LogP contribution in [0.1, 0.15) is 25.2 Å². The Balaban J connectivity index is 2.90. The van der Waals surface area contributed by atoms with Crippen molar-refractivity contribution in [3.63, 3.8) is 0 Å². The Morgan fingerprint density at radius 3 is 3.07 bits per heavy atom. The predicted octanol–water partition coefficient (Wildman–Crippen LogP) is -0.909. The fourth-order valence-electron chi connectivity index (χ4n) is 1.07. The Hall–Kier alpha value is -1.94. The molecule has 1 aromatic rings. The molecule has 1 aromatic heterocycles. The van der Waals surface area contributed by atoms with Gasteiger partial charge in [0.05, 0.1) is 0 Å². The highest BCUT2D eigenvalue weighted by molar-refractivity contribution is 5.79. The van der Waals surface area contributed by atoms with Crippen molar-refractivity contribution in [1.82, 2.24) is 20.2 Å². The van der Waals surface area contributed by atoms with Crippen LogP contribution in [0, 0.1) is 11.3 Å². The molecular formula is C7H10N6O. The molecule has 0 fully saturated rings. The van der Waals surface area contributed by atoms with Crippen LogP contribution in [0.3, 0.4) is 0 Å². The largest absolute Gasteiger partial charge is 0.292 e. The first-order chi connectivity index (χ1) is 6.72. The third-order valence-corrected chi connectivity index (χ3v) is 1.76. The van der Waals surface area contributed by atoms with Crippen LogP contribution in [0.4, 0.5) is 0 Å². The number of hydrogen-bond donors (Lipinski definition) is 2. The molecule has 7 heteroatoms. The lowest BCUT2D eigenvalue weighted by Crippen LogP contribution is -2.37. The van der Waals surface area contributed by atoms with Crippen LogP contribution in [0.5, 0.6) is 0 Å². The monoisotopic (exact) mass is 194 g/mol. The summed E-state index contributed by atoms with van der Waals surface area (Å²) in [6.07, 6.45) is 1.86. The van der Waals surface area contributed by atoms with Gasteiger partial charge in [0.1, 0.15) is 18.4 Å². The molecule has 1 rings (SSSR count). The second-order valence-corrected chi connectivity index (χ2v) is 2.59. The number of carbonyl (C=O) groups excluding carboxylic acids is 1. The number of nitrogens with zero attached hydrogens (tertiary/aromatic N) is 4. The standard InChI is InChI=1S/C7H10N6O/c1-2-5(7(14)11-9)13-4-10-6(3-8)12-13/h4-5H,2,9H2,1H3,(H,11,14). The van der Waals surface area contributed by atoms with Gasteiger partial charge in [-0.2, -0.15) is 5.26 Å².